The molecule has 3 saturated heterocycles. The first kappa shape index (κ1) is 20.7. The third-order valence-corrected chi connectivity index (χ3v) is 6.83. The number of rotatable bonds is 7. The van der Waals surface area contributed by atoms with E-state index in [-0.39, 0.29) is 5.91 Å². The Morgan fingerprint density at radius 3 is 2.31 bits per heavy atom. The van der Waals surface area contributed by atoms with Crippen molar-refractivity contribution in [1.82, 2.24) is 14.8 Å². The molecular weight excluding hydrogens is 360 g/mol. The fraction of sp³-hybridized carbons (Fsp3) is 0.708. The molecule has 5 heteroatoms. The third-order valence-electron chi connectivity index (χ3n) is 6.83. The molecule has 1 amide bonds. The predicted molar refractivity (Wildman–Crippen MR) is 119 cm³/mol. The number of carbonyl (C=O) groups is 1. The highest BCUT2D eigenvalue weighted by Gasteiger charge is 2.31. The summed E-state index contributed by atoms with van der Waals surface area (Å²) in [5.41, 5.74) is 2.07. The second-order valence-electron chi connectivity index (χ2n) is 8.99. The monoisotopic (exact) mass is 398 g/mol. The number of benzene rings is 1. The molecule has 0 saturated carbocycles. The first-order valence-electron chi connectivity index (χ1n) is 11.9. The number of hydrogen-bond donors (Lipinski definition) is 0. The minimum Gasteiger partial charge on any atom is -0.334 e. The van der Waals surface area contributed by atoms with Crippen LogP contribution in [-0.2, 0) is 0 Å². The Hall–Kier alpha value is -1.59. The summed E-state index contributed by atoms with van der Waals surface area (Å²) in [5, 5.41) is 4.93. The summed E-state index contributed by atoms with van der Waals surface area (Å²) in [4.78, 5) is 17.9. The van der Waals surface area contributed by atoms with Crippen LogP contribution in [0.2, 0.25) is 0 Å². The first-order valence-corrected chi connectivity index (χ1v) is 11.9. The molecule has 4 rings (SSSR count). The molecule has 1 unspecified atom stereocenters. The number of hydrogen-bond acceptors (Lipinski definition) is 4. The van der Waals surface area contributed by atoms with Gasteiger partial charge < -0.3 is 14.8 Å². The van der Waals surface area contributed by atoms with E-state index in [1.54, 1.807) is 0 Å². The second kappa shape index (κ2) is 9.94. The van der Waals surface area contributed by atoms with Crippen LogP contribution in [0.4, 0.5) is 5.69 Å². The van der Waals surface area contributed by atoms with E-state index in [0.29, 0.717) is 6.04 Å². The van der Waals surface area contributed by atoms with Gasteiger partial charge in [-0.25, -0.2) is 5.01 Å². The summed E-state index contributed by atoms with van der Waals surface area (Å²) >= 11 is 0. The maximum Gasteiger partial charge on any atom is 0.254 e. The number of likely N-dealkylation sites (tertiary alicyclic amines) is 2. The number of carbonyl (C=O) groups excluding carboxylic acids is 1. The van der Waals surface area contributed by atoms with Crippen molar-refractivity contribution in [2.75, 3.05) is 50.8 Å². The maximum absolute atomic E-state index is 13.2. The van der Waals surface area contributed by atoms with Crippen LogP contribution in [0.15, 0.2) is 24.3 Å². The van der Waals surface area contributed by atoms with Crippen LogP contribution in [-0.4, -0.2) is 72.6 Å². The number of amides is 1. The van der Waals surface area contributed by atoms with Gasteiger partial charge in [0.2, 0.25) is 0 Å². The highest BCUT2D eigenvalue weighted by molar-refractivity contribution is 5.95. The Morgan fingerprint density at radius 1 is 0.931 bits per heavy atom. The Kier molecular flexibility index (Phi) is 7.09. The van der Waals surface area contributed by atoms with Crippen LogP contribution < -0.4 is 5.01 Å². The SMILES string of the molecule is CCCN(c1ccc(C(=O)N2CCCC2CN2CCCC2)cc1)N1CCCCC1. The van der Waals surface area contributed by atoms with E-state index in [1.165, 1.54) is 50.9 Å². The van der Waals surface area contributed by atoms with Crippen LogP contribution in [0, 0.1) is 0 Å². The van der Waals surface area contributed by atoms with Crippen molar-refractivity contribution in [2.45, 2.75) is 64.3 Å². The van der Waals surface area contributed by atoms with Crippen LogP contribution in [0.3, 0.4) is 0 Å². The largest absolute Gasteiger partial charge is 0.334 e. The summed E-state index contributed by atoms with van der Waals surface area (Å²) < 4.78 is 0. The molecule has 3 aliphatic rings. The normalized spacial score (nSPS) is 23.6. The van der Waals surface area contributed by atoms with Crippen LogP contribution >= 0.6 is 0 Å². The second-order valence-corrected chi connectivity index (χ2v) is 8.99. The molecule has 0 aliphatic carbocycles. The molecule has 3 aliphatic heterocycles. The number of piperidine rings is 1. The average Bonchev–Trinajstić information content (AvgIpc) is 3.45. The standard InChI is InChI=1S/C24H38N4O/c1-2-14-28(26-17-4-3-5-18-26)22-12-10-21(11-13-22)24(29)27-19-8-9-23(27)20-25-15-6-7-16-25/h10-13,23H,2-9,14-20H2,1H3. The van der Waals surface area contributed by atoms with E-state index in [1.807, 2.05) is 0 Å². The highest BCUT2D eigenvalue weighted by atomic mass is 16.2. The smallest absolute Gasteiger partial charge is 0.254 e. The van der Waals surface area contributed by atoms with Gasteiger partial charge in [-0.05, 0) is 82.3 Å². The van der Waals surface area contributed by atoms with Gasteiger partial charge >= 0.3 is 0 Å². The average molecular weight is 399 g/mol. The van der Waals surface area contributed by atoms with Crippen LogP contribution in [0.1, 0.15) is 68.6 Å². The summed E-state index contributed by atoms with van der Waals surface area (Å²) in [5.74, 6) is 0.221. The summed E-state index contributed by atoms with van der Waals surface area (Å²) in [7, 11) is 0. The lowest BCUT2D eigenvalue weighted by atomic mass is 10.1. The molecule has 0 spiro atoms. The van der Waals surface area contributed by atoms with E-state index in [9.17, 15) is 4.79 Å². The number of anilines is 1. The molecule has 1 atom stereocenters. The van der Waals surface area contributed by atoms with Gasteiger partial charge in [0.15, 0.2) is 0 Å². The van der Waals surface area contributed by atoms with Crippen LogP contribution in [0.5, 0.6) is 0 Å². The lowest BCUT2D eigenvalue weighted by Gasteiger charge is -2.39. The molecule has 0 bridgehead atoms. The Labute approximate surface area is 176 Å². The van der Waals surface area contributed by atoms with E-state index in [2.05, 4.69) is 51.0 Å². The molecule has 29 heavy (non-hydrogen) atoms. The molecule has 0 N–H and O–H groups in total. The van der Waals surface area contributed by atoms with E-state index < -0.39 is 0 Å². The highest BCUT2D eigenvalue weighted by Crippen LogP contribution is 2.25. The van der Waals surface area contributed by atoms with Gasteiger partial charge in [-0.15, -0.1) is 0 Å². The summed E-state index contributed by atoms with van der Waals surface area (Å²) in [6, 6.07) is 8.81. The Balaban J connectivity index is 1.42. The minimum atomic E-state index is 0.221. The Bertz CT molecular complexity index is 649. The van der Waals surface area contributed by atoms with Crippen molar-refractivity contribution in [3.63, 3.8) is 0 Å². The van der Waals surface area contributed by atoms with Crippen molar-refractivity contribution in [2.24, 2.45) is 0 Å². The zero-order chi connectivity index (χ0) is 20.1. The quantitative estimate of drug-likeness (QED) is 0.694. The van der Waals surface area contributed by atoms with Crippen molar-refractivity contribution in [3.05, 3.63) is 29.8 Å². The van der Waals surface area contributed by atoms with Gasteiger partial charge in [0.1, 0.15) is 0 Å². The molecular formula is C24H38N4O. The van der Waals surface area contributed by atoms with Gasteiger partial charge in [0.05, 0.1) is 5.69 Å². The topological polar surface area (TPSA) is 30.0 Å². The summed E-state index contributed by atoms with van der Waals surface area (Å²) in [6.45, 7) is 9.95. The van der Waals surface area contributed by atoms with Crippen LogP contribution in [0.25, 0.3) is 0 Å². The fourth-order valence-corrected chi connectivity index (χ4v) is 5.26. The molecule has 1 aromatic rings. The van der Waals surface area contributed by atoms with Crippen molar-refractivity contribution in [3.8, 4) is 0 Å². The molecule has 1 aromatic carbocycles. The molecule has 5 nitrogen and oxygen atoms in total. The number of nitrogens with zero attached hydrogens (tertiary/aromatic N) is 4. The molecule has 0 aromatic heterocycles. The molecule has 160 valence electrons. The Morgan fingerprint density at radius 2 is 1.62 bits per heavy atom. The minimum absolute atomic E-state index is 0.221. The molecule has 0 radical (unpaired) electrons. The van der Waals surface area contributed by atoms with Crippen molar-refractivity contribution >= 4 is 11.6 Å². The van der Waals surface area contributed by atoms with Crippen molar-refractivity contribution < 1.29 is 4.79 Å². The van der Waals surface area contributed by atoms with Gasteiger partial charge in [-0.3, -0.25) is 4.79 Å². The van der Waals surface area contributed by atoms with E-state index in [4.69, 9.17) is 0 Å². The third kappa shape index (κ3) is 4.95. The van der Waals surface area contributed by atoms with E-state index >= 15 is 0 Å². The lowest BCUT2D eigenvalue weighted by molar-refractivity contribution is 0.0709. The molecule has 3 fully saturated rings. The number of hydrazine groups is 1. The van der Waals surface area contributed by atoms with Gasteiger partial charge in [0.25, 0.3) is 5.91 Å². The summed E-state index contributed by atoms with van der Waals surface area (Å²) in [6.07, 6.45) is 9.96. The van der Waals surface area contributed by atoms with Crippen molar-refractivity contribution in [1.29, 1.82) is 0 Å². The zero-order valence-corrected chi connectivity index (χ0v) is 18.2. The zero-order valence-electron chi connectivity index (χ0n) is 18.2. The maximum atomic E-state index is 13.2. The first-order chi connectivity index (χ1) is 14.3. The lowest BCUT2D eigenvalue weighted by Crippen LogP contribution is -2.46. The predicted octanol–water partition coefficient (Wildman–Crippen LogP) is 4.00. The molecule has 3 heterocycles. The van der Waals surface area contributed by atoms with Gasteiger partial charge in [-0.1, -0.05) is 13.3 Å². The fourth-order valence-electron chi connectivity index (χ4n) is 5.26. The van der Waals surface area contributed by atoms with Gasteiger partial charge in [-0.2, -0.15) is 0 Å². The van der Waals surface area contributed by atoms with Gasteiger partial charge in [0, 0.05) is 44.3 Å². The van der Waals surface area contributed by atoms with E-state index in [0.717, 1.165) is 57.5 Å².